The lowest BCUT2D eigenvalue weighted by Gasteiger charge is -2.17. The highest BCUT2D eigenvalue weighted by atomic mass is 79.9. The van der Waals surface area contributed by atoms with E-state index in [4.69, 9.17) is 0 Å². The third-order valence-corrected chi connectivity index (χ3v) is 3.46. The normalized spacial score (nSPS) is 10.5. The number of nitrogens with zero attached hydrogens (tertiary/aromatic N) is 1. The fraction of sp³-hybridized carbons (Fsp3) is 0.429. The predicted octanol–water partition coefficient (Wildman–Crippen LogP) is 3.06. The third-order valence-electron chi connectivity index (χ3n) is 2.54. The van der Waals surface area contributed by atoms with Gasteiger partial charge < -0.3 is 10.2 Å². The van der Waals surface area contributed by atoms with E-state index in [-0.39, 0.29) is 18.4 Å². The maximum Gasteiger partial charge on any atom is 0.254 e. The van der Waals surface area contributed by atoms with Crippen LogP contribution < -0.4 is 5.32 Å². The summed E-state index contributed by atoms with van der Waals surface area (Å²) in [6, 6.07) is 5.32. The Labute approximate surface area is 136 Å². The van der Waals surface area contributed by atoms with Crippen molar-refractivity contribution in [3.63, 3.8) is 0 Å². The molecule has 1 aromatic rings. The van der Waals surface area contributed by atoms with Gasteiger partial charge in [0.15, 0.2) is 0 Å². The van der Waals surface area contributed by atoms with Crippen LogP contribution in [0, 0.1) is 5.92 Å². The Bertz CT molecular complexity index is 484. The molecular weight excluding hydrogens is 388 g/mol. The van der Waals surface area contributed by atoms with Crippen LogP contribution in [0.2, 0.25) is 0 Å². The van der Waals surface area contributed by atoms with E-state index in [2.05, 4.69) is 37.2 Å². The highest BCUT2D eigenvalue weighted by molar-refractivity contribution is 9.11. The lowest BCUT2D eigenvalue weighted by atomic mass is 10.2. The van der Waals surface area contributed by atoms with Crippen LogP contribution in [-0.4, -0.2) is 36.9 Å². The van der Waals surface area contributed by atoms with Crippen molar-refractivity contribution < 1.29 is 9.59 Å². The minimum Gasteiger partial charge on any atom is -0.354 e. The Balaban J connectivity index is 2.64. The summed E-state index contributed by atoms with van der Waals surface area (Å²) in [7, 11) is 1.62. The number of carbonyl (C=O) groups is 2. The number of hydrogen-bond donors (Lipinski definition) is 1. The van der Waals surface area contributed by atoms with Crippen molar-refractivity contribution >= 4 is 43.7 Å². The van der Waals surface area contributed by atoms with Gasteiger partial charge in [-0.25, -0.2) is 0 Å². The quantitative estimate of drug-likeness (QED) is 0.818. The Kier molecular flexibility index (Phi) is 6.68. The summed E-state index contributed by atoms with van der Waals surface area (Å²) in [5.41, 5.74) is 0.533. The van der Waals surface area contributed by atoms with Crippen LogP contribution in [0.5, 0.6) is 0 Å². The summed E-state index contributed by atoms with van der Waals surface area (Å²) < 4.78 is 1.63. The monoisotopic (exact) mass is 404 g/mol. The molecule has 1 N–H and O–H groups in total. The number of nitrogens with one attached hydrogen (secondary N) is 1. The van der Waals surface area contributed by atoms with Gasteiger partial charge in [-0.15, -0.1) is 0 Å². The molecule has 1 aromatic carbocycles. The van der Waals surface area contributed by atoms with Gasteiger partial charge in [0.05, 0.1) is 6.54 Å². The average molecular weight is 406 g/mol. The number of halogens is 2. The first-order valence-electron chi connectivity index (χ1n) is 6.28. The van der Waals surface area contributed by atoms with E-state index in [0.29, 0.717) is 18.0 Å². The molecule has 6 heteroatoms. The lowest BCUT2D eigenvalue weighted by molar-refractivity contribution is -0.121. The minimum absolute atomic E-state index is 0.0513. The van der Waals surface area contributed by atoms with Gasteiger partial charge in [-0.2, -0.15) is 0 Å². The first-order valence-corrected chi connectivity index (χ1v) is 7.86. The molecule has 0 saturated carbocycles. The molecule has 1 rings (SSSR count). The average Bonchev–Trinajstić information content (AvgIpc) is 2.34. The van der Waals surface area contributed by atoms with Crippen molar-refractivity contribution in [2.45, 2.75) is 13.8 Å². The Morgan fingerprint density at radius 2 is 1.75 bits per heavy atom. The topological polar surface area (TPSA) is 49.4 Å². The van der Waals surface area contributed by atoms with Gasteiger partial charge in [0.2, 0.25) is 5.91 Å². The van der Waals surface area contributed by atoms with Gasteiger partial charge in [-0.05, 0) is 24.1 Å². The van der Waals surface area contributed by atoms with Crippen molar-refractivity contribution in [3.05, 3.63) is 32.7 Å². The number of hydrogen-bond acceptors (Lipinski definition) is 2. The van der Waals surface area contributed by atoms with Crippen LogP contribution in [-0.2, 0) is 4.79 Å². The Morgan fingerprint density at radius 1 is 1.20 bits per heavy atom. The van der Waals surface area contributed by atoms with Gasteiger partial charge in [0.1, 0.15) is 0 Å². The van der Waals surface area contributed by atoms with Gasteiger partial charge in [-0.1, -0.05) is 45.7 Å². The third kappa shape index (κ3) is 5.63. The molecule has 0 saturated heterocycles. The number of likely N-dealkylation sites (N-methyl/N-ethyl adjacent to an activating group) is 1. The van der Waals surface area contributed by atoms with E-state index >= 15 is 0 Å². The molecule has 0 heterocycles. The van der Waals surface area contributed by atoms with E-state index in [1.54, 1.807) is 19.2 Å². The molecular formula is C14H18Br2N2O2. The molecule has 110 valence electrons. The molecule has 0 bridgehead atoms. The summed E-state index contributed by atoms with van der Waals surface area (Å²) in [6.07, 6.45) is 0. The summed E-state index contributed by atoms with van der Waals surface area (Å²) in [5, 5.41) is 2.79. The van der Waals surface area contributed by atoms with Crippen LogP contribution in [0.1, 0.15) is 24.2 Å². The molecule has 0 aromatic heterocycles. The highest BCUT2D eigenvalue weighted by Crippen LogP contribution is 2.20. The van der Waals surface area contributed by atoms with Crippen molar-refractivity contribution in [1.82, 2.24) is 10.2 Å². The van der Waals surface area contributed by atoms with Crippen LogP contribution >= 0.6 is 31.9 Å². The zero-order valence-electron chi connectivity index (χ0n) is 11.7. The molecule has 20 heavy (non-hydrogen) atoms. The summed E-state index contributed by atoms with van der Waals surface area (Å²) in [6.45, 7) is 4.71. The number of rotatable bonds is 5. The van der Waals surface area contributed by atoms with Gasteiger partial charge >= 0.3 is 0 Å². The predicted molar refractivity (Wildman–Crippen MR) is 86.7 cm³/mol. The smallest absolute Gasteiger partial charge is 0.254 e. The summed E-state index contributed by atoms with van der Waals surface area (Å²) in [5.74, 6) is 0.0521. The van der Waals surface area contributed by atoms with E-state index in [1.807, 2.05) is 19.9 Å². The second kappa shape index (κ2) is 7.78. The Hall–Kier alpha value is -0.880. The van der Waals surface area contributed by atoms with Crippen LogP contribution in [0.4, 0.5) is 0 Å². The molecule has 0 spiro atoms. The standard InChI is InChI=1S/C14H18Br2N2O2/c1-9(2)7-17-13(19)8-18(3)14(20)10-4-11(15)6-12(16)5-10/h4-6,9H,7-8H2,1-3H3,(H,17,19). The maximum absolute atomic E-state index is 12.2. The van der Waals surface area contributed by atoms with Crippen LogP contribution in [0.15, 0.2) is 27.1 Å². The molecule has 0 radical (unpaired) electrons. The van der Waals surface area contributed by atoms with E-state index in [9.17, 15) is 9.59 Å². The molecule has 0 aliphatic rings. The minimum atomic E-state index is -0.188. The number of carbonyl (C=O) groups excluding carboxylic acids is 2. The Morgan fingerprint density at radius 3 is 2.25 bits per heavy atom. The first-order chi connectivity index (χ1) is 9.29. The number of amides is 2. The van der Waals surface area contributed by atoms with Gasteiger partial charge in [0, 0.05) is 28.1 Å². The van der Waals surface area contributed by atoms with E-state index in [1.165, 1.54) is 4.90 Å². The fourth-order valence-electron chi connectivity index (χ4n) is 1.56. The molecule has 0 aliphatic carbocycles. The molecule has 0 aliphatic heterocycles. The van der Waals surface area contributed by atoms with Gasteiger partial charge in [0.25, 0.3) is 5.91 Å². The van der Waals surface area contributed by atoms with Crippen LogP contribution in [0.25, 0.3) is 0 Å². The highest BCUT2D eigenvalue weighted by Gasteiger charge is 2.15. The van der Waals surface area contributed by atoms with Crippen molar-refractivity contribution in [3.8, 4) is 0 Å². The fourth-order valence-corrected chi connectivity index (χ4v) is 2.85. The number of benzene rings is 1. The first kappa shape index (κ1) is 17.2. The van der Waals surface area contributed by atoms with Gasteiger partial charge in [-0.3, -0.25) is 9.59 Å². The second-order valence-corrected chi connectivity index (χ2v) is 6.85. The zero-order chi connectivity index (χ0) is 15.3. The van der Waals surface area contributed by atoms with E-state index < -0.39 is 0 Å². The molecule has 0 unspecified atom stereocenters. The molecule has 4 nitrogen and oxygen atoms in total. The van der Waals surface area contributed by atoms with Crippen molar-refractivity contribution in [2.24, 2.45) is 5.92 Å². The molecule has 2 amide bonds. The summed E-state index contributed by atoms with van der Waals surface area (Å²) in [4.78, 5) is 25.3. The SMILES string of the molecule is CC(C)CNC(=O)CN(C)C(=O)c1cc(Br)cc(Br)c1. The second-order valence-electron chi connectivity index (χ2n) is 5.02. The summed E-state index contributed by atoms with van der Waals surface area (Å²) >= 11 is 6.68. The van der Waals surface area contributed by atoms with Crippen molar-refractivity contribution in [2.75, 3.05) is 20.1 Å². The molecule has 0 atom stereocenters. The van der Waals surface area contributed by atoms with E-state index in [0.717, 1.165) is 8.95 Å². The van der Waals surface area contributed by atoms with Crippen molar-refractivity contribution in [1.29, 1.82) is 0 Å². The largest absolute Gasteiger partial charge is 0.354 e. The maximum atomic E-state index is 12.2. The lowest BCUT2D eigenvalue weighted by Crippen LogP contribution is -2.39. The zero-order valence-corrected chi connectivity index (χ0v) is 14.9. The molecule has 0 fully saturated rings. The van der Waals surface area contributed by atoms with Crippen LogP contribution in [0.3, 0.4) is 0 Å².